The Morgan fingerprint density at radius 3 is 2.69 bits per heavy atom. The number of amides is 2. The number of likely N-dealkylation sites (tertiary alicyclic amines) is 1. The zero-order chi connectivity index (χ0) is 18.3. The minimum absolute atomic E-state index is 0.0809. The van der Waals surface area contributed by atoms with Crippen LogP contribution in [-0.2, 0) is 27.8 Å². The maximum absolute atomic E-state index is 12.6. The molecule has 142 valence electrons. The number of ether oxygens (including phenoxy) is 1. The van der Waals surface area contributed by atoms with E-state index in [9.17, 15) is 9.59 Å². The molecule has 0 unspecified atom stereocenters. The van der Waals surface area contributed by atoms with Crippen LogP contribution in [0.1, 0.15) is 38.3 Å². The first-order valence-electron chi connectivity index (χ1n) is 9.66. The van der Waals surface area contributed by atoms with E-state index in [0.717, 1.165) is 25.1 Å². The van der Waals surface area contributed by atoms with E-state index in [1.54, 1.807) is 4.68 Å². The number of piperidine rings is 1. The van der Waals surface area contributed by atoms with Crippen LogP contribution in [0.25, 0.3) is 0 Å². The molecule has 26 heavy (non-hydrogen) atoms. The fraction of sp³-hybridized carbons (Fsp3) is 0.737. The Hall–Kier alpha value is -1.89. The first-order valence-corrected chi connectivity index (χ1v) is 9.66. The molecule has 0 bridgehead atoms. The normalized spacial score (nSPS) is 25.8. The Kier molecular flexibility index (Phi) is 4.50. The van der Waals surface area contributed by atoms with Crippen LogP contribution in [0.5, 0.6) is 0 Å². The van der Waals surface area contributed by atoms with E-state index in [1.807, 2.05) is 29.1 Å². The van der Waals surface area contributed by atoms with Crippen molar-refractivity contribution in [2.75, 3.05) is 26.2 Å². The molecule has 2 amide bonds. The maximum atomic E-state index is 12.6. The van der Waals surface area contributed by atoms with Gasteiger partial charge in [0, 0.05) is 32.9 Å². The number of aromatic nitrogens is 2. The van der Waals surface area contributed by atoms with Crippen LogP contribution >= 0.6 is 0 Å². The van der Waals surface area contributed by atoms with Gasteiger partial charge >= 0.3 is 0 Å². The smallest absolute Gasteiger partial charge is 0.248 e. The molecule has 2 aliphatic heterocycles. The van der Waals surface area contributed by atoms with Crippen LogP contribution in [0, 0.1) is 5.92 Å². The lowest BCUT2D eigenvalue weighted by Crippen LogP contribution is -2.64. The molecule has 7 heteroatoms. The van der Waals surface area contributed by atoms with Crippen molar-refractivity contribution in [3.8, 4) is 0 Å². The molecule has 1 aliphatic carbocycles. The summed E-state index contributed by atoms with van der Waals surface area (Å²) in [5, 5.41) is 4.29. The average molecular weight is 360 g/mol. The second-order valence-electron chi connectivity index (χ2n) is 8.06. The van der Waals surface area contributed by atoms with E-state index in [0.29, 0.717) is 25.4 Å². The van der Waals surface area contributed by atoms with Crippen molar-refractivity contribution in [2.24, 2.45) is 13.0 Å². The summed E-state index contributed by atoms with van der Waals surface area (Å²) in [5.74, 6) is 0.910. The Labute approximate surface area is 154 Å². The van der Waals surface area contributed by atoms with E-state index in [1.165, 1.54) is 12.8 Å². The van der Waals surface area contributed by atoms with Gasteiger partial charge in [0.15, 0.2) is 0 Å². The van der Waals surface area contributed by atoms with Crippen molar-refractivity contribution in [3.05, 3.63) is 18.0 Å². The zero-order valence-electron chi connectivity index (χ0n) is 15.7. The number of aryl methyl sites for hydroxylation is 1. The van der Waals surface area contributed by atoms with E-state index in [2.05, 4.69) is 12.0 Å². The Balaban J connectivity index is 1.37. The molecule has 1 atom stereocenters. The molecule has 3 heterocycles. The summed E-state index contributed by atoms with van der Waals surface area (Å²) in [6.07, 6.45) is 6.25. The SMILES string of the molecule is C[C@H]1N(CC2CC2)C(=O)COC12CCN(C(=O)Cc1ccn(C)n1)CC2. The van der Waals surface area contributed by atoms with Crippen LogP contribution in [0.2, 0.25) is 0 Å². The molecular weight excluding hydrogens is 332 g/mol. The molecule has 1 aromatic heterocycles. The first-order chi connectivity index (χ1) is 12.5. The van der Waals surface area contributed by atoms with E-state index < -0.39 is 0 Å². The van der Waals surface area contributed by atoms with Crippen molar-refractivity contribution in [1.82, 2.24) is 19.6 Å². The maximum Gasteiger partial charge on any atom is 0.248 e. The average Bonchev–Trinajstić information content (AvgIpc) is 3.36. The van der Waals surface area contributed by atoms with Crippen molar-refractivity contribution in [1.29, 1.82) is 0 Å². The fourth-order valence-electron chi connectivity index (χ4n) is 4.27. The molecule has 0 N–H and O–H groups in total. The fourth-order valence-corrected chi connectivity index (χ4v) is 4.27. The zero-order valence-corrected chi connectivity index (χ0v) is 15.7. The topological polar surface area (TPSA) is 67.7 Å². The molecule has 3 fully saturated rings. The van der Waals surface area contributed by atoms with Gasteiger partial charge in [0.25, 0.3) is 0 Å². The van der Waals surface area contributed by atoms with Gasteiger partial charge in [0.05, 0.1) is 23.8 Å². The van der Waals surface area contributed by atoms with Crippen molar-refractivity contribution < 1.29 is 14.3 Å². The van der Waals surface area contributed by atoms with Crippen LogP contribution in [0.4, 0.5) is 0 Å². The second-order valence-corrected chi connectivity index (χ2v) is 8.06. The standard InChI is InChI=1S/C19H28N4O3/c1-14-19(26-13-18(25)23(14)12-15-3-4-15)6-9-22(10-7-19)17(24)11-16-5-8-21(2)20-16/h5,8,14-15H,3-4,6-7,9-13H2,1-2H3/t14-/m1/s1. The minimum atomic E-state index is -0.301. The number of rotatable bonds is 4. The highest BCUT2D eigenvalue weighted by molar-refractivity contribution is 5.79. The van der Waals surface area contributed by atoms with Gasteiger partial charge in [-0.25, -0.2) is 0 Å². The Bertz CT molecular complexity index is 689. The highest BCUT2D eigenvalue weighted by Crippen LogP contribution is 2.38. The summed E-state index contributed by atoms with van der Waals surface area (Å²) in [6.45, 7) is 4.53. The molecule has 0 aromatic carbocycles. The quantitative estimate of drug-likeness (QED) is 0.803. The van der Waals surface area contributed by atoms with Crippen LogP contribution < -0.4 is 0 Å². The van der Waals surface area contributed by atoms with Crippen LogP contribution in [-0.4, -0.2) is 69.3 Å². The second kappa shape index (κ2) is 6.68. The summed E-state index contributed by atoms with van der Waals surface area (Å²) in [4.78, 5) is 28.8. The third-order valence-corrected chi connectivity index (χ3v) is 6.25. The first kappa shape index (κ1) is 17.5. The summed E-state index contributed by atoms with van der Waals surface area (Å²) in [7, 11) is 1.86. The predicted molar refractivity (Wildman–Crippen MR) is 95.3 cm³/mol. The lowest BCUT2D eigenvalue weighted by Gasteiger charge is -2.51. The molecule has 1 spiro atoms. The molecule has 4 rings (SSSR count). The number of nitrogens with zero attached hydrogens (tertiary/aromatic N) is 4. The molecule has 2 saturated heterocycles. The Morgan fingerprint density at radius 1 is 1.35 bits per heavy atom. The molecular formula is C19H28N4O3. The van der Waals surface area contributed by atoms with Gasteiger partial charge in [-0.15, -0.1) is 0 Å². The number of carbonyl (C=O) groups excluding carboxylic acids is 2. The van der Waals surface area contributed by atoms with Crippen LogP contribution in [0.3, 0.4) is 0 Å². The van der Waals surface area contributed by atoms with Crippen LogP contribution in [0.15, 0.2) is 12.3 Å². The van der Waals surface area contributed by atoms with E-state index in [4.69, 9.17) is 4.74 Å². The highest BCUT2D eigenvalue weighted by atomic mass is 16.5. The predicted octanol–water partition coefficient (Wildman–Crippen LogP) is 0.981. The highest BCUT2D eigenvalue weighted by Gasteiger charge is 2.49. The largest absolute Gasteiger partial charge is 0.363 e. The molecule has 1 aromatic rings. The van der Waals surface area contributed by atoms with Crippen molar-refractivity contribution in [3.63, 3.8) is 0 Å². The van der Waals surface area contributed by atoms with Gasteiger partial charge in [0.2, 0.25) is 11.8 Å². The van der Waals surface area contributed by atoms with Gasteiger partial charge in [-0.3, -0.25) is 14.3 Å². The number of hydrogen-bond donors (Lipinski definition) is 0. The third kappa shape index (κ3) is 3.37. The van der Waals surface area contributed by atoms with Gasteiger partial charge in [-0.05, 0) is 44.6 Å². The lowest BCUT2D eigenvalue weighted by atomic mass is 9.82. The monoisotopic (exact) mass is 360 g/mol. The number of morpholine rings is 1. The third-order valence-electron chi connectivity index (χ3n) is 6.25. The van der Waals surface area contributed by atoms with Crippen molar-refractivity contribution in [2.45, 2.75) is 50.7 Å². The summed E-state index contributed by atoms with van der Waals surface area (Å²) in [5.41, 5.74) is 0.506. The molecule has 3 aliphatic rings. The van der Waals surface area contributed by atoms with Gasteiger partial charge in [0.1, 0.15) is 6.61 Å². The molecule has 0 radical (unpaired) electrons. The molecule has 1 saturated carbocycles. The lowest BCUT2D eigenvalue weighted by molar-refractivity contribution is -0.188. The molecule has 7 nitrogen and oxygen atoms in total. The van der Waals surface area contributed by atoms with E-state index >= 15 is 0 Å². The minimum Gasteiger partial charge on any atom is -0.363 e. The Morgan fingerprint density at radius 2 is 2.08 bits per heavy atom. The number of carbonyl (C=O) groups is 2. The number of hydrogen-bond acceptors (Lipinski definition) is 4. The van der Waals surface area contributed by atoms with E-state index in [-0.39, 0.29) is 30.1 Å². The van der Waals surface area contributed by atoms with Gasteiger partial charge < -0.3 is 14.5 Å². The van der Waals surface area contributed by atoms with Gasteiger partial charge in [-0.1, -0.05) is 0 Å². The summed E-state index contributed by atoms with van der Waals surface area (Å²) in [6, 6.07) is 1.97. The van der Waals surface area contributed by atoms with Gasteiger partial charge in [-0.2, -0.15) is 5.10 Å². The summed E-state index contributed by atoms with van der Waals surface area (Å²) < 4.78 is 7.79. The summed E-state index contributed by atoms with van der Waals surface area (Å²) >= 11 is 0. The van der Waals surface area contributed by atoms with Crippen molar-refractivity contribution >= 4 is 11.8 Å².